The summed E-state index contributed by atoms with van der Waals surface area (Å²) in [6, 6.07) is 11.0. The number of aromatic nitrogens is 2. The molecule has 0 fully saturated rings. The maximum Gasteiger partial charge on any atom is 0.257 e. The van der Waals surface area contributed by atoms with Crippen LogP contribution in [0.1, 0.15) is 34.6 Å². The van der Waals surface area contributed by atoms with Crippen molar-refractivity contribution in [3.8, 4) is 0 Å². The molecular weight excluding hydrogens is 396 g/mol. The van der Waals surface area contributed by atoms with Gasteiger partial charge in [0.1, 0.15) is 17.5 Å². The van der Waals surface area contributed by atoms with Gasteiger partial charge in [0.15, 0.2) is 5.16 Å². The Morgan fingerprint density at radius 1 is 1.14 bits per heavy atom. The van der Waals surface area contributed by atoms with Gasteiger partial charge in [0.2, 0.25) is 5.91 Å². The Hall–Kier alpha value is -3.00. The van der Waals surface area contributed by atoms with E-state index < -0.39 is 29.0 Å². The molecule has 1 aromatic heterocycles. The van der Waals surface area contributed by atoms with Crippen molar-refractivity contribution in [2.24, 2.45) is 0 Å². The average Bonchev–Trinajstić information content (AvgIpc) is 2.68. The normalized spacial score (nSPS) is 15.7. The minimum Gasteiger partial charge on any atom is -0.310 e. The van der Waals surface area contributed by atoms with E-state index >= 15 is 0 Å². The Balaban J connectivity index is 1.67. The van der Waals surface area contributed by atoms with Crippen molar-refractivity contribution >= 4 is 23.5 Å². The number of nitrogens with zero attached hydrogens (tertiary/aromatic N) is 1. The number of hydrogen-bond acceptors (Lipinski definition) is 4. The van der Waals surface area contributed by atoms with Crippen molar-refractivity contribution in [1.82, 2.24) is 9.97 Å². The first-order chi connectivity index (χ1) is 13.9. The molecule has 29 heavy (non-hydrogen) atoms. The summed E-state index contributed by atoms with van der Waals surface area (Å²) in [7, 11) is 0. The summed E-state index contributed by atoms with van der Waals surface area (Å²) in [5, 5.41) is 2.92. The van der Waals surface area contributed by atoms with Crippen LogP contribution in [0.2, 0.25) is 0 Å². The summed E-state index contributed by atoms with van der Waals surface area (Å²) in [5.41, 5.74) is 1.83. The molecule has 0 bridgehead atoms. The highest BCUT2D eigenvalue weighted by Gasteiger charge is 2.32. The molecular formula is C21H17F2N3O2S. The molecule has 3 aromatic rings. The zero-order chi connectivity index (χ0) is 20.5. The van der Waals surface area contributed by atoms with Gasteiger partial charge >= 0.3 is 0 Å². The standard InChI is InChI=1S/C21H17F2N3O2S/c1-11-2-4-12(5-3-11)10-29-21-25-19-18(20(28)26-21)15(9-17(27)24-19)14-8-13(22)6-7-16(14)23/h2-8,15H,9-10H2,1H3,(H2,24,25,26,27,28)/t15-/m1/s1. The molecule has 0 unspecified atom stereocenters. The minimum atomic E-state index is -0.901. The Bertz CT molecular complexity index is 1150. The summed E-state index contributed by atoms with van der Waals surface area (Å²) in [5.74, 6) is -1.94. The third-order valence-electron chi connectivity index (χ3n) is 4.76. The van der Waals surface area contributed by atoms with E-state index in [0.717, 1.165) is 29.3 Å². The molecule has 2 aromatic carbocycles. The fourth-order valence-corrected chi connectivity index (χ4v) is 4.12. The lowest BCUT2D eigenvalue weighted by Crippen LogP contribution is -2.31. The fraction of sp³-hybridized carbons (Fsp3) is 0.190. The van der Waals surface area contributed by atoms with E-state index in [2.05, 4.69) is 15.3 Å². The molecule has 0 saturated heterocycles. The van der Waals surface area contributed by atoms with Gasteiger partial charge in [-0.2, -0.15) is 0 Å². The summed E-state index contributed by atoms with van der Waals surface area (Å²) < 4.78 is 27.9. The first-order valence-corrected chi connectivity index (χ1v) is 9.96. The number of hydrogen-bond donors (Lipinski definition) is 2. The van der Waals surface area contributed by atoms with Crippen LogP contribution in [0.5, 0.6) is 0 Å². The van der Waals surface area contributed by atoms with Gasteiger partial charge in [0.25, 0.3) is 5.56 Å². The average molecular weight is 413 g/mol. The first kappa shape index (κ1) is 19.3. The molecule has 4 rings (SSSR count). The predicted octanol–water partition coefficient (Wildman–Crippen LogP) is 4.12. The highest BCUT2D eigenvalue weighted by molar-refractivity contribution is 7.98. The van der Waals surface area contributed by atoms with Crippen LogP contribution in [-0.2, 0) is 10.5 Å². The third-order valence-corrected chi connectivity index (χ3v) is 5.70. The van der Waals surface area contributed by atoms with Crippen LogP contribution in [0.3, 0.4) is 0 Å². The number of aromatic amines is 1. The molecule has 1 aliphatic heterocycles. The van der Waals surface area contributed by atoms with Gasteiger partial charge < -0.3 is 10.3 Å². The molecule has 1 aliphatic rings. The quantitative estimate of drug-likeness (QED) is 0.498. The smallest absolute Gasteiger partial charge is 0.257 e. The molecule has 0 radical (unpaired) electrons. The van der Waals surface area contributed by atoms with Crippen molar-refractivity contribution in [1.29, 1.82) is 0 Å². The van der Waals surface area contributed by atoms with Crippen molar-refractivity contribution in [3.05, 3.63) is 86.7 Å². The highest BCUT2D eigenvalue weighted by Crippen LogP contribution is 2.36. The van der Waals surface area contributed by atoms with E-state index in [1.165, 1.54) is 11.8 Å². The molecule has 0 aliphatic carbocycles. The second-order valence-corrected chi connectivity index (χ2v) is 7.84. The molecule has 148 valence electrons. The number of benzene rings is 2. The Morgan fingerprint density at radius 2 is 1.90 bits per heavy atom. The molecule has 5 nitrogen and oxygen atoms in total. The van der Waals surface area contributed by atoms with Crippen LogP contribution in [0, 0.1) is 18.6 Å². The zero-order valence-corrected chi connectivity index (χ0v) is 16.3. The fourth-order valence-electron chi connectivity index (χ4n) is 3.30. The summed E-state index contributed by atoms with van der Waals surface area (Å²) in [6.45, 7) is 2.00. The molecule has 8 heteroatoms. The van der Waals surface area contributed by atoms with Gasteiger partial charge in [0, 0.05) is 18.1 Å². The Labute approximate surface area is 169 Å². The number of carbonyl (C=O) groups excluding carboxylic acids is 1. The maximum absolute atomic E-state index is 14.3. The van der Waals surface area contributed by atoms with Crippen molar-refractivity contribution in [3.63, 3.8) is 0 Å². The summed E-state index contributed by atoms with van der Waals surface area (Å²) in [4.78, 5) is 31.9. The predicted molar refractivity (Wildman–Crippen MR) is 107 cm³/mol. The number of H-pyrrole nitrogens is 1. The number of nitrogens with one attached hydrogen (secondary N) is 2. The molecule has 0 saturated carbocycles. The molecule has 0 spiro atoms. The maximum atomic E-state index is 14.3. The molecule has 1 atom stereocenters. The third kappa shape index (κ3) is 4.07. The van der Waals surface area contributed by atoms with Gasteiger partial charge in [-0.25, -0.2) is 13.8 Å². The molecule has 2 N–H and O–H groups in total. The van der Waals surface area contributed by atoms with Gasteiger partial charge in [-0.1, -0.05) is 41.6 Å². The number of rotatable bonds is 4. The number of halogens is 2. The van der Waals surface area contributed by atoms with E-state index in [9.17, 15) is 18.4 Å². The number of carbonyl (C=O) groups is 1. The van der Waals surface area contributed by atoms with Gasteiger partial charge in [0.05, 0.1) is 5.56 Å². The molecule has 1 amide bonds. The summed E-state index contributed by atoms with van der Waals surface area (Å²) >= 11 is 1.32. The lowest BCUT2D eigenvalue weighted by molar-refractivity contribution is -0.116. The second kappa shape index (κ2) is 7.79. The van der Waals surface area contributed by atoms with Crippen molar-refractivity contribution in [2.75, 3.05) is 5.32 Å². The first-order valence-electron chi connectivity index (χ1n) is 8.98. The van der Waals surface area contributed by atoms with E-state index in [0.29, 0.717) is 10.9 Å². The number of amides is 1. The molecule has 2 heterocycles. The van der Waals surface area contributed by atoms with E-state index in [1.807, 2.05) is 31.2 Å². The number of fused-ring (bicyclic) bond motifs is 1. The second-order valence-electron chi connectivity index (χ2n) is 6.88. The monoisotopic (exact) mass is 413 g/mol. The Kier molecular flexibility index (Phi) is 5.19. The van der Waals surface area contributed by atoms with Crippen LogP contribution in [-0.4, -0.2) is 15.9 Å². The van der Waals surface area contributed by atoms with E-state index in [-0.39, 0.29) is 23.4 Å². The van der Waals surface area contributed by atoms with Crippen LogP contribution in [0.4, 0.5) is 14.6 Å². The number of aryl methyl sites for hydroxylation is 1. The number of thioether (sulfide) groups is 1. The summed E-state index contributed by atoms with van der Waals surface area (Å²) in [6.07, 6.45) is -0.159. The largest absolute Gasteiger partial charge is 0.310 e. The lowest BCUT2D eigenvalue weighted by Gasteiger charge is -2.24. The van der Waals surface area contributed by atoms with Crippen LogP contribution >= 0.6 is 11.8 Å². The van der Waals surface area contributed by atoms with Crippen LogP contribution < -0.4 is 10.9 Å². The van der Waals surface area contributed by atoms with Gasteiger partial charge in [-0.15, -0.1) is 0 Å². The zero-order valence-electron chi connectivity index (χ0n) is 15.5. The van der Waals surface area contributed by atoms with E-state index in [4.69, 9.17) is 0 Å². The van der Waals surface area contributed by atoms with Crippen molar-refractivity contribution in [2.45, 2.75) is 30.2 Å². The van der Waals surface area contributed by atoms with Gasteiger partial charge in [-0.05, 0) is 36.2 Å². The topological polar surface area (TPSA) is 74.8 Å². The van der Waals surface area contributed by atoms with Gasteiger partial charge in [-0.3, -0.25) is 9.59 Å². The minimum absolute atomic E-state index is 0.0338. The number of anilines is 1. The lowest BCUT2D eigenvalue weighted by atomic mass is 9.86. The van der Waals surface area contributed by atoms with E-state index in [1.54, 1.807) is 0 Å². The Morgan fingerprint density at radius 3 is 2.66 bits per heavy atom. The SMILES string of the molecule is Cc1ccc(CSc2nc3c(c(=O)[nH]2)[C@@H](c2cc(F)ccc2F)CC(=O)N3)cc1. The van der Waals surface area contributed by atoms with Crippen LogP contribution in [0.25, 0.3) is 0 Å². The highest BCUT2D eigenvalue weighted by atomic mass is 32.2. The van der Waals surface area contributed by atoms with Crippen LogP contribution in [0.15, 0.2) is 52.4 Å². The van der Waals surface area contributed by atoms with Crippen molar-refractivity contribution < 1.29 is 13.6 Å².